The van der Waals surface area contributed by atoms with E-state index >= 15 is 0 Å². The van der Waals surface area contributed by atoms with Crippen molar-refractivity contribution in [1.29, 1.82) is 0 Å². The van der Waals surface area contributed by atoms with Gasteiger partial charge in [-0.1, -0.05) is 26.0 Å². The maximum atomic E-state index is 5.98. The lowest BCUT2D eigenvalue weighted by molar-refractivity contribution is 0.513. The molecule has 8 heteroatoms. The summed E-state index contributed by atoms with van der Waals surface area (Å²) in [6.45, 7) is 5.49. The fourth-order valence-corrected chi connectivity index (χ4v) is 4.61. The van der Waals surface area contributed by atoms with Gasteiger partial charge < -0.3 is 15.1 Å². The Morgan fingerprint density at radius 3 is 2.69 bits per heavy atom. The van der Waals surface area contributed by atoms with Crippen molar-refractivity contribution in [2.45, 2.75) is 32.9 Å². The number of fused-ring (bicyclic) bond motifs is 1. The SMILES string of the molecule is CN=C(NCc1ccc(-c2nc3ccccc3s2)o1)NCc1nc(C(C)C)cs1. The third-order valence-corrected chi connectivity index (χ3v) is 6.31. The minimum absolute atomic E-state index is 0.445. The van der Waals surface area contributed by atoms with Crippen molar-refractivity contribution in [3.63, 3.8) is 0 Å². The number of thiazole rings is 2. The first kappa shape index (κ1) is 19.6. The van der Waals surface area contributed by atoms with Crippen LogP contribution in [0.2, 0.25) is 0 Å². The zero-order valence-corrected chi connectivity index (χ0v) is 18.2. The third kappa shape index (κ3) is 4.65. The first-order valence-electron chi connectivity index (χ1n) is 9.46. The summed E-state index contributed by atoms with van der Waals surface area (Å²) in [4.78, 5) is 13.6. The molecule has 4 aromatic rings. The van der Waals surface area contributed by atoms with Crippen LogP contribution in [0.3, 0.4) is 0 Å². The molecule has 0 amide bonds. The molecule has 0 saturated heterocycles. The van der Waals surface area contributed by atoms with E-state index in [1.807, 2.05) is 30.3 Å². The summed E-state index contributed by atoms with van der Waals surface area (Å²) in [7, 11) is 1.76. The molecule has 0 aliphatic rings. The summed E-state index contributed by atoms with van der Waals surface area (Å²) in [6.07, 6.45) is 0. The Kier molecular flexibility index (Phi) is 5.92. The zero-order chi connectivity index (χ0) is 20.2. The highest BCUT2D eigenvalue weighted by atomic mass is 32.1. The minimum atomic E-state index is 0.445. The standard InChI is InChI=1S/C21H23N5OS2/c1-13(2)16-12-28-19(25-16)11-24-21(22-3)23-10-14-8-9-17(27-14)20-26-15-6-4-5-7-18(15)29-20/h4-9,12-13H,10-11H2,1-3H3,(H2,22,23,24). The number of furan rings is 1. The van der Waals surface area contributed by atoms with Crippen molar-refractivity contribution in [3.05, 3.63) is 58.2 Å². The first-order chi connectivity index (χ1) is 14.1. The molecular weight excluding hydrogens is 402 g/mol. The number of para-hydroxylation sites is 1. The number of nitrogens with one attached hydrogen (secondary N) is 2. The normalized spacial score (nSPS) is 12.1. The second kappa shape index (κ2) is 8.75. The van der Waals surface area contributed by atoms with E-state index in [2.05, 4.69) is 50.9 Å². The summed E-state index contributed by atoms with van der Waals surface area (Å²) in [5, 5.41) is 10.6. The van der Waals surface area contributed by atoms with E-state index < -0.39 is 0 Å². The Bertz CT molecular complexity index is 1090. The Hall–Kier alpha value is -2.71. The molecule has 0 bridgehead atoms. The molecule has 4 rings (SSSR count). The van der Waals surface area contributed by atoms with Gasteiger partial charge in [-0.2, -0.15) is 0 Å². The molecule has 0 aliphatic carbocycles. The fourth-order valence-electron chi connectivity index (χ4n) is 2.79. The number of hydrogen-bond acceptors (Lipinski definition) is 6. The molecule has 0 fully saturated rings. The van der Waals surface area contributed by atoms with Crippen LogP contribution in [0, 0.1) is 0 Å². The smallest absolute Gasteiger partial charge is 0.191 e. The molecule has 3 aromatic heterocycles. The van der Waals surface area contributed by atoms with Gasteiger partial charge in [0.05, 0.1) is 29.0 Å². The number of aliphatic imine (C=N–C) groups is 1. The van der Waals surface area contributed by atoms with E-state index in [9.17, 15) is 0 Å². The Labute approximate surface area is 177 Å². The lowest BCUT2D eigenvalue weighted by Gasteiger charge is -2.09. The van der Waals surface area contributed by atoms with Crippen molar-refractivity contribution in [2.24, 2.45) is 4.99 Å². The monoisotopic (exact) mass is 425 g/mol. The van der Waals surface area contributed by atoms with Gasteiger partial charge in [-0.15, -0.1) is 22.7 Å². The van der Waals surface area contributed by atoms with E-state index in [0.29, 0.717) is 25.0 Å². The van der Waals surface area contributed by atoms with Gasteiger partial charge in [-0.3, -0.25) is 4.99 Å². The first-order valence-corrected chi connectivity index (χ1v) is 11.2. The van der Waals surface area contributed by atoms with Crippen LogP contribution in [0.1, 0.15) is 36.2 Å². The van der Waals surface area contributed by atoms with Gasteiger partial charge in [0.1, 0.15) is 10.8 Å². The van der Waals surface area contributed by atoms with Crippen molar-refractivity contribution in [1.82, 2.24) is 20.6 Å². The lowest BCUT2D eigenvalue weighted by Crippen LogP contribution is -2.36. The van der Waals surface area contributed by atoms with Gasteiger partial charge in [0.2, 0.25) is 0 Å². The van der Waals surface area contributed by atoms with Gasteiger partial charge in [0.25, 0.3) is 0 Å². The van der Waals surface area contributed by atoms with Crippen LogP contribution >= 0.6 is 22.7 Å². The molecule has 3 heterocycles. The van der Waals surface area contributed by atoms with Crippen LogP contribution in [0.5, 0.6) is 0 Å². The van der Waals surface area contributed by atoms with Gasteiger partial charge in [0, 0.05) is 12.4 Å². The number of aromatic nitrogens is 2. The number of hydrogen-bond donors (Lipinski definition) is 2. The summed E-state index contributed by atoms with van der Waals surface area (Å²) in [5.74, 6) is 2.78. The molecule has 0 saturated carbocycles. The molecule has 6 nitrogen and oxygen atoms in total. The van der Waals surface area contributed by atoms with Crippen molar-refractivity contribution in [2.75, 3.05) is 7.05 Å². The van der Waals surface area contributed by atoms with E-state index in [0.717, 1.165) is 37.4 Å². The fraction of sp³-hybridized carbons (Fsp3) is 0.286. The van der Waals surface area contributed by atoms with Gasteiger partial charge in [0.15, 0.2) is 16.7 Å². The van der Waals surface area contributed by atoms with E-state index in [1.54, 1.807) is 29.7 Å². The van der Waals surface area contributed by atoms with E-state index in [-0.39, 0.29) is 0 Å². The highest BCUT2D eigenvalue weighted by Crippen LogP contribution is 2.31. The van der Waals surface area contributed by atoms with Crippen LogP contribution in [0.4, 0.5) is 0 Å². The topological polar surface area (TPSA) is 75.3 Å². The van der Waals surface area contributed by atoms with Crippen molar-refractivity contribution in [3.8, 4) is 10.8 Å². The Balaban J connectivity index is 1.34. The maximum Gasteiger partial charge on any atom is 0.191 e. The minimum Gasteiger partial charge on any atom is -0.457 e. The predicted molar refractivity (Wildman–Crippen MR) is 121 cm³/mol. The molecule has 150 valence electrons. The molecule has 0 atom stereocenters. The zero-order valence-electron chi connectivity index (χ0n) is 16.6. The Morgan fingerprint density at radius 1 is 1.10 bits per heavy atom. The largest absolute Gasteiger partial charge is 0.457 e. The van der Waals surface area contributed by atoms with Crippen molar-refractivity contribution >= 4 is 38.8 Å². The average molecular weight is 426 g/mol. The third-order valence-electron chi connectivity index (χ3n) is 4.39. The van der Waals surface area contributed by atoms with Crippen LogP contribution in [0.25, 0.3) is 21.0 Å². The van der Waals surface area contributed by atoms with Crippen LogP contribution < -0.4 is 10.6 Å². The summed E-state index contributed by atoms with van der Waals surface area (Å²) >= 11 is 3.30. The second-order valence-electron chi connectivity index (χ2n) is 6.85. The lowest BCUT2D eigenvalue weighted by atomic mass is 10.2. The number of rotatable bonds is 6. The molecule has 0 unspecified atom stereocenters. The Morgan fingerprint density at radius 2 is 1.93 bits per heavy atom. The predicted octanol–water partition coefficient (Wildman–Crippen LogP) is 5.00. The van der Waals surface area contributed by atoms with Crippen LogP contribution in [-0.2, 0) is 13.1 Å². The molecule has 0 spiro atoms. The van der Waals surface area contributed by atoms with E-state index in [1.165, 1.54) is 0 Å². The molecule has 2 N–H and O–H groups in total. The van der Waals surface area contributed by atoms with Gasteiger partial charge >= 0.3 is 0 Å². The highest BCUT2D eigenvalue weighted by molar-refractivity contribution is 7.21. The second-order valence-corrected chi connectivity index (χ2v) is 8.83. The number of nitrogens with zero attached hydrogens (tertiary/aromatic N) is 3. The van der Waals surface area contributed by atoms with Crippen LogP contribution in [-0.4, -0.2) is 23.0 Å². The molecule has 0 aliphatic heterocycles. The molecular formula is C21H23N5OS2. The van der Waals surface area contributed by atoms with Gasteiger partial charge in [-0.25, -0.2) is 9.97 Å². The van der Waals surface area contributed by atoms with E-state index in [4.69, 9.17) is 4.42 Å². The highest BCUT2D eigenvalue weighted by Gasteiger charge is 2.11. The number of benzene rings is 1. The average Bonchev–Trinajstić information content (AvgIpc) is 3.46. The van der Waals surface area contributed by atoms with Gasteiger partial charge in [-0.05, 0) is 30.2 Å². The quantitative estimate of drug-likeness (QED) is 0.336. The summed E-state index contributed by atoms with van der Waals surface area (Å²) in [6, 6.07) is 12.0. The van der Waals surface area contributed by atoms with Crippen molar-refractivity contribution < 1.29 is 4.42 Å². The molecule has 1 aromatic carbocycles. The van der Waals surface area contributed by atoms with Crippen LogP contribution in [0.15, 0.2) is 51.2 Å². The summed E-state index contributed by atoms with van der Waals surface area (Å²) < 4.78 is 7.14. The maximum absolute atomic E-state index is 5.98. The molecule has 0 radical (unpaired) electrons. The number of guanidine groups is 1. The summed E-state index contributed by atoms with van der Waals surface area (Å²) in [5.41, 5.74) is 2.13. The molecule has 29 heavy (non-hydrogen) atoms.